The Balaban J connectivity index is 1.55. The van der Waals surface area contributed by atoms with E-state index in [1.165, 1.54) is 5.56 Å². The van der Waals surface area contributed by atoms with Crippen LogP contribution in [0.2, 0.25) is 0 Å². The summed E-state index contributed by atoms with van der Waals surface area (Å²) in [6, 6.07) is 19.8. The van der Waals surface area contributed by atoms with E-state index in [-0.39, 0.29) is 18.4 Å². The summed E-state index contributed by atoms with van der Waals surface area (Å²) in [6.07, 6.45) is 0. The van der Waals surface area contributed by atoms with Crippen LogP contribution in [0.5, 0.6) is 0 Å². The molecule has 1 unspecified atom stereocenters. The van der Waals surface area contributed by atoms with Crippen LogP contribution in [-0.2, 0) is 17.9 Å². The van der Waals surface area contributed by atoms with Crippen molar-refractivity contribution in [3.05, 3.63) is 94.0 Å². The Morgan fingerprint density at radius 2 is 1.74 bits per heavy atom. The molecule has 0 fully saturated rings. The fourth-order valence-electron chi connectivity index (χ4n) is 4.69. The molecule has 6 nitrogen and oxygen atoms in total. The van der Waals surface area contributed by atoms with Crippen molar-refractivity contribution < 1.29 is 9.59 Å². The largest absolute Gasteiger partial charge is 0.350 e. The van der Waals surface area contributed by atoms with Crippen molar-refractivity contribution in [3.63, 3.8) is 0 Å². The molecule has 0 saturated carbocycles. The van der Waals surface area contributed by atoms with E-state index in [9.17, 15) is 9.59 Å². The van der Waals surface area contributed by atoms with Gasteiger partial charge in [-0.05, 0) is 74.0 Å². The van der Waals surface area contributed by atoms with Gasteiger partial charge in [-0.1, -0.05) is 42.0 Å². The standard InChI is InChI=1S/C28H28N4O2S/c1-18-7-9-21(10-8-18)16-29-27(34)28(4)17-31-24(15-23(30-31)25-6-5-11-35-25)26(33)32(28)22-13-19(2)12-20(3)14-22/h5-15H,16-17H2,1-4H3,(H,29,34). The number of anilines is 1. The summed E-state index contributed by atoms with van der Waals surface area (Å²) in [5, 5.41) is 9.77. The first kappa shape index (κ1) is 23.1. The Bertz CT molecular complexity index is 1390. The van der Waals surface area contributed by atoms with E-state index < -0.39 is 5.54 Å². The molecule has 7 heteroatoms. The monoisotopic (exact) mass is 484 g/mol. The Hall–Kier alpha value is -3.71. The molecular formula is C28H28N4O2S. The lowest BCUT2D eigenvalue weighted by Gasteiger charge is -2.43. The van der Waals surface area contributed by atoms with Gasteiger partial charge in [-0.2, -0.15) is 5.10 Å². The Morgan fingerprint density at radius 1 is 1.03 bits per heavy atom. The molecule has 5 rings (SSSR count). The summed E-state index contributed by atoms with van der Waals surface area (Å²) in [5.74, 6) is -0.450. The van der Waals surface area contributed by atoms with Gasteiger partial charge in [0, 0.05) is 12.2 Å². The minimum atomic E-state index is -1.16. The second-order valence-electron chi connectivity index (χ2n) is 9.48. The van der Waals surface area contributed by atoms with Gasteiger partial charge in [0.15, 0.2) is 0 Å². The van der Waals surface area contributed by atoms with Gasteiger partial charge in [0.25, 0.3) is 5.91 Å². The van der Waals surface area contributed by atoms with Crippen molar-refractivity contribution in [3.8, 4) is 10.6 Å². The first-order chi connectivity index (χ1) is 16.7. The number of carbonyl (C=O) groups excluding carboxylic acids is 2. The third kappa shape index (κ3) is 4.28. The van der Waals surface area contributed by atoms with Crippen molar-refractivity contribution in [2.24, 2.45) is 0 Å². The third-order valence-electron chi connectivity index (χ3n) is 6.45. The molecule has 0 aliphatic carbocycles. The van der Waals surface area contributed by atoms with Crippen molar-refractivity contribution in [1.82, 2.24) is 15.1 Å². The van der Waals surface area contributed by atoms with Gasteiger partial charge in [0.2, 0.25) is 5.91 Å². The molecule has 35 heavy (non-hydrogen) atoms. The molecule has 1 aliphatic rings. The number of carbonyl (C=O) groups is 2. The lowest BCUT2D eigenvalue weighted by atomic mass is 9.93. The van der Waals surface area contributed by atoms with E-state index in [0.717, 1.165) is 27.3 Å². The molecule has 1 atom stereocenters. The molecule has 3 heterocycles. The normalized spacial score (nSPS) is 17.4. The summed E-state index contributed by atoms with van der Waals surface area (Å²) in [6.45, 7) is 8.49. The second-order valence-corrected chi connectivity index (χ2v) is 10.4. The lowest BCUT2D eigenvalue weighted by Crippen LogP contribution is -2.64. The predicted molar refractivity (Wildman–Crippen MR) is 140 cm³/mol. The highest BCUT2D eigenvalue weighted by Gasteiger charge is 2.49. The van der Waals surface area contributed by atoms with Crippen LogP contribution in [0.3, 0.4) is 0 Å². The van der Waals surface area contributed by atoms with Gasteiger partial charge in [-0.3, -0.25) is 19.2 Å². The van der Waals surface area contributed by atoms with E-state index >= 15 is 0 Å². The maximum atomic E-state index is 13.9. The second kappa shape index (κ2) is 8.82. The van der Waals surface area contributed by atoms with Crippen LogP contribution >= 0.6 is 11.3 Å². The first-order valence-corrected chi connectivity index (χ1v) is 12.5. The number of thiophene rings is 1. The summed E-state index contributed by atoms with van der Waals surface area (Å²) in [4.78, 5) is 30.3. The van der Waals surface area contributed by atoms with Crippen LogP contribution in [0.15, 0.2) is 66.0 Å². The van der Waals surface area contributed by atoms with Crippen LogP contribution in [0.25, 0.3) is 10.6 Å². The van der Waals surface area contributed by atoms with Gasteiger partial charge < -0.3 is 5.32 Å². The Morgan fingerprint density at radius 3 is 2.40 bits per heavy atom. The van der Waals surface area contributed by atoms with Crippen molar-refractivity contribution in [2.75, 3.05) is 4.90 Å². The summed E-state index contributed by atoms with van der Waals surface area (Å²) >= 11 is 1.57. The summed E-state index contributed by atoms with van der Waals surface area (Å²) in [7, 11) is 0. The van der Waals surface area contributed by atoms with E-state index in [0.29, 0.717) is 17.9 Å². The molecule has 2 aromatic carbocycles. The quantitative estimate of drug-likeness (QED) is 0.420. The van der Waals surface area contributed by atoms with Crippen LogP contribution in [0.1, 0.15) is 39.7 Å². The maximum absolute atomic E-state index is 13.9. The zero-order valence-electron chi connectivity index (χ0n) is 20.3. The topological polar surface area (TPSA) is 67.2 Å². The smallest absolute Gasteiger partial charge is 0.277 e. The van der Waals surface area contributed by atoms with Gasteiger partial charge >= 0.3 is 0 Å². The minimum absolute atomic E-state index is 0.218. The van der Waals surface area contributed by atoms with Gasteiger partial charge in [0.05, 0.1) is 11.4 Å². The van der Waals surface area contributed by atoms with E-state index in [2.05, 4.69) is 11.4 Å². The SMILES string of the molecule is Cc1ccc(CNC(=O)C2(C)Cn3nc(-c4cccs4)cc3C(=O)N2c2cc(C)cc(C)c2)cc1. The highest BCUT2D eigenvalue weighted by atomic mass is 32.1. The Kier molecular flexibility index (Phi) is 5.81. The molecule has 0 radical (unpaired) electrons. The maximum Gasteiger partial charge on any atom is 0.277 e. The van der Waals surface area contributed by atoms with Gasteiger partial charge in [-0.15, -0.1) is 11.3 Å². The molecule has 0 bridgehead atoms. The molecule has 1 N–H and O–H groups in total. The zero-order chi connectivity index (χ0) is 24.7. The number of aromatic nitrogens is 2. The number of hydrogen-bond donors (Lipinski definition) is 1. The number of rotatable bonds is 5. The molecule has 4 aromatic rings. The molecular weight excluding hydrogens is 456 g/mol. The number of nitrogens with one attached hydrogen (secondary N) is 1. The van der Waals surface area contributed by atoms with Crippen LogP contribution in [0.4, 0.5) is 5.69 Å². The molecule has 0 saturated heterocycles. The fourth-order valence-corrected chi connectivity index (χ4v) is 5.37. The molecule has 2 amide bonds. The number of benzene rings is 2. The molecule has 1 aliphatic heterocycles. The number of amides is 2. The first-order valence-electron chi connectivity index (χ1n) is 11.6. The molecule has 0 spiro atoms. The fraction of sp³-hybridized carbons (Fsp3) is 0.250. The van der Waals surface area contributed by atoms with Crippen molar-refractivity contribution in [1.29, 1.82) is 0 Å². The highest BCUT2D eigenvalue weighted by Crippen LogP contribution is 2.35. The Labute approximate surface area is 209 Å². The van der Waals surface area contributed by atoms with Crippen molar-refractivity contribution in [2.45, 2.75) is 46.3 Å². The average Bonchev–Trinajstić information content (AvgIpc) is 3.48. The van der Waals surface area contributed by atoms with E-state index in [1.54, 1.807) is 20.9 Å². The highest BCUT2D eigenvalue weighted by molar-refractivity contribution is 7.13. The molecule has 2 aromatic heterocycles. The van der Waals surface area contributed by atoms with Gasteiger partial charge in [-0.25, -0.2) is 0 Å². The summed E-state index contributed by atoms with van der Waals surface area (Å²) < 4.78 is 1.68. The number of nitrogens with zero attached hydrogens (tertiary/aromatic N) is 3. The summed E-state index contributed by atoms with van der Waals surface area (Å²) in [5.41, 5.74) is 5.02. The number of fused-ring (bicyclic) bond motifs is 1. The van der Waals surface area contributed by atoms with Gasteiger partial charge in [0.1, 0.15) is 16.9 Å². The lowest BCUT2D eigenvalue weighted by molar-refractivity contribution is -0.126. The number of hydrogen-bond acceptors (Lipinski definition) is 4. The van der Waals surface area contributed by atoms with Crippen LogP contribution in [0, 0.1) is 20.8 Å². The van der Waals surface area contributed by atoms with E-state index in [1.807, 2.05) is 87.7 Å². The van der Waals surface area contributed by atoms with Crippen LogP contribution < -0.4 is 10.2 Å². The van der Waals surface area contributed by atoms with Crippen molar-refractivity contribution >= 4 is 28.8 Å². The molecule has 178 valence electrons. The average molecular weight is 485 g/mol. The number of aryl methyl sites for hydroxylation is 3. The zero-order valence-corrected chi connectivity index (χ0v) is 21.1. The minimum Gasteiger partial charge on any atom is -0.350 e. The predicted octanol–water partition coefficient (Wildman–Crippen LogP) is 5.27. The van der Waals surface area contributed by atoms with Crippen LogP contribution in [-0.4, -0.2) is 27.1 Å². The van der Waals surface area contributed by atoms with E-state index in [4.69, 9.17) is 5.10 Å². The third-order valence-corrected chi connectivity index (χ3v) is 7.35.